The maximum absolute atomic E-state index is 11.4. The molecule has 1 N–H and O–H groups in total. The monoisotopic (exact) mass is 248 g/mol. The van der Waals surface area contributed by atoms with Crippen molar-refractivity contribution in [1.29, 1.82) is 0 Å². The number of aliphatic carboxylic acids is 1. The quantitative estimate of drug-likeness (QED) is 0.893. The zero-order chi connectivity index (χ0) is 12.8. The normalized spacial score (nSPS) is 19.4. The van der Waals surface area contributed by atoms with E-state index < -0.39 is 11.4 Å². The molecule has 1 heterocycles. The van der Waals surface area contributed by atoms with Gasteiger partial charge >= 0.3 is 5.97 Å². The third-order valence-corrected chi connectivity index (χ3v) is 4.12. The van der Waals surface area contributed by atoms with Crippen molar-refractivity contribution < 1.29 is 19.4 Å². The first-order chi connectivity index (χ1) is 8.61. The second-order valence-electron chi connectivity index (χ2n) is 5.25. The number of aryl methyl sites for hydroxylation is 1. The maximum Gasteiger partial charge on any atom is 0.309 e. The Balaban J connectivity index is 1.91. The highest BCUT2D eigenvalue weighted by Crippen LogP contribution is 2.45. The van der Waals surface area contributed by atoms with Gasteiger partial charge in [-0.2, -0.15) is 0 Å². The summed E-state index contributed by atoms with van der Waals surface area (Å²) in [7, 11) is 0. The van der Waals surface area contributed by atoms with Crippen LogP contribution >= 0.6 is 0 Å². The minimum atomic E-state index is -0.675. The van der Waals surface area contributed by atoms with Gasteiger partial charge in [0.15, 0.2) is 11.5 Å². The van der Waals surface area contributed by atoms with Gasteiger partial charge in [-0.1, -0.05) is 6.42 Å². The molecule has 0 spiro atoms. The molecule has 0 saturated heterocycles. The van der Waals surface area contributed by atoms with E-state index in [2.05, 4.69) is 0 Å². The van der Waals surface area contributed by atoms with Gasteiger partial charge in [0.25, 0.3) is 0 Å². The van der Waals surface area contributed by atoms with E-state index in [4.69, 9.17) is 9.47 Å². The number of carbonyl (C=O) groups is 1. The molecule has 1 aliphatic heterocycles. The maximum atomic E-state index is 11.4. The number of carboxylic acids is 1. The molecule has 0 amide bonds. The molecule has 1 fully saturated rings. The van der Waals surface area contributed by atoms with Gasteiger partial charge in [0.05, 0.1) is 5.41 Å². The zero-order valence-electron chi connectivity index (χ0n) is 10.4. The van der Waals surface area contributed by atoms with E-state index in [0.29, 0.717) is 6.42 Å². The Morgan fingerprint density at radius 3 is 2.56 bits per heavy atom. The van der Waals surface area contributed by atoms with Gasteiger partial charge < -0.3 is 14.6 Å². The van der Waals surface area contributed by atoms with Crippen LogP contribution in [-0.4, -0.2) is 17.9 Å². The minimum absolute atomic E-state index is 0.252. The topological polar surface area (TPSA) is 55.8 Å². The van der Waals surface area contributed by atoms with Crippen LogP contribution in [0.5, 0.6) is 11.5 Å². The summed E-state index contributed by atoms with van der Waals surface area (Å²) in [5.41, 5.74) is 1.58. The van der Waals surface area contributed by atoms with Gasteiger partial charge in [-0.25, -0.2) is 0 Å². The van der Waals surface area contributed by atoms with Crippen molar-refractivity contribution in [1.82, 2.24) is 0 Å². The molecule has 1 aromatic carbocycles. The molecule has 96 valence electrons. The average Bonchev–Trinajstić information content (AvgIpc) is 2.69. The largest absolute Gasteiger partial charge is 0.481 e. The molecular weight excluding hydrogens is 232 g/mol. The standard InChI is InChI=1S/C14H16O4/c1-9-5-11-12(18-8-17-11)6-10(9)7-14(13(15)16)3-2-4-14/h5-6H,2-4,7-8H2,1H3,(H,15,16). The Labute approximate surface area is 106 Å². The summed E-state index contributed by atoms with van der Waals surface area (Å²) in [5, 5.41) is 9.37. The molecule has 0 atom stereocenters. The van der Waals surface area contributed by atoms with Gasteiger partial charge in [0.1, 0.15) is 0 Å². The Morgan fingerprint density at radius 1 is 1.33 bits per heavy atom. The lowest BCUT2D eigenvalue weighted by Gasteiger charge is -2.38. The molecule has 0 bridgehead atoms. The summed E-state index contributed by atoms with van der Waals surface area (Å²) in [6.45, 7) is 2.24. The van der Waals surface area contributed by atoms with Crippen molar-refractivity contribution in [3.05, 3.63) is 23.3 Å². The fourth-order valence-electron chi connectivity index (χ4n) is 2.71. The van der Waals surface area contributed by atoms with Crippen LogP contribution in [-0.2, 0) is 11.2 Å². The van der Waals surface area contributed by atoms with Crippen LogP contribution in [0.25, 0.3) is 0 Å². The molecule has 1 aliphatic carbocycles. The van der Waals surface area contributed by atoms with Crippen LogP contribution in [0.1, 0.15) is 30.4 Å². The van der Waals surface area contributed by atoms with E-state index >= 15 is 0 Å². The lowest BCUT2D eigenvalue weighted by molar-refractivity contribution is -0.154. The number of fused-ring (bicyclic) bond motifs is 1. The molecule has 4 nitrogen and oxygen atoms in total. The van der Waals surface area contributed by atoms with E-state index in [9.17, 15) is 9.90 Å². The fraction of sp³-hybridized carbons (Fsp3) is 0.500. The zero-order valence-corrected chi connectivity index (χ0v) is 10.4. The Kier molecular flexibility index (Phi) is 2.47. The van der Waals surface area contributed by atoms with E-state index in [1.807, 2.05) is 19.1 Å². The molecule has 1 aromatic rings. The van der Waals surface area contributed by atoms with E-state index in [0.717, 1.165) is 41.9 Å². The predicted molar refractivity (Wildman–Crippen MR) is 64.9 cm³/mol. The van der Waals surface area contributed by atoms with E-state index in [1.165, 1.54) is 0 Å². The molecule has 2 aliphatic rings. The molecule has 3 rings (SSSR count). The number of hydrogen-bond acceptors (Lipinski definition) is 3. The molecule has 4 heteroatoms. The highest BCUT2D eigenvalue weighted by atomic mass is 16.7. The Morgan fingerprint density at radius 2 is 2.00 bits per heavy atom. The SMILES string of the molecule is Cc1cc2c(cc1CC1(C(=O)O)CCC1)OCO2. The third-order valence-electron chi connectivity index (χ3n) is 4.12. The molecule has 0 radical (unpaired) electrons. The third kappa shape index (κ3) is 1.64. The summed E-state index contributed by atoms with van der Waals surface area (Å²) >= 11 is 0. The number of carboxylic acid groups (broad SMARTS) is 1. The van der Waals surface area contributed by atoms with Gasteiger partial charge in [-0.15, -0.1) is 0 Å². The lowest BCUT2D eigenvalue weighted by atomic mass is 9.65. The highest BCUT2D eigenvalue weighted by molar-refractivity contribution is 5.76. The Hall–Kier alpha value is -1.71. The number of rotatable bonds is 3. The van der Waals surface area contributed by atoms with Crippen LogP contribution in [0.2, 0.25) is 0 Å². The first-order valence-corrected chi connectivity index (χ1v) is 6.23. The summed E-state index contributed by atoms with van der Waals surface area (Å²) in [6.07, 6.45) is 3.15. The highest BCUT2D eigenvalue weighted by Gasteiger charge is 2.44. The second-order valence-corrected chi connectivity index (χ2v) is 5.25. The first-order valence-electron chi connectivity index (χ1n) is 6.23. The van der Waals surface area contributed by atoms with Gasteiger partial charge in [0.2, 0.25) is 6.79 Å². The number of hydrogen-bond donors (Lipinski definition) is 1. The first kappa shape index (κ1) is 11.4. The lowest BCUT2D eigenvalue weighted by Crippen LogP contribution is -2.40. The number of benzene rings is 1. The van der Waals surface area contributed by atoms with Gasteiger partial charge in [0, 0.05) is 0 Å². The van der Waals surface area contributed by atoms with Crippen LogP contribution in [0.4, 0.5) is 0 Å². The van der Waals surface area contributed by atoms with Crippen molar-refractivity contribution in [2.24, 2.45) is 5.41 Å². The summed E-state index contributed by atoms with van der Waals surface area (Å²) in [5.74, 6) is 0.815. The van der Waals surface area contributed by atoms with Crippen LogP contribution in [0, 0.1) is 12.3 Å². The molecule has 0 unspecified atom stereocenters. The molecular formula is C14H16O4. The van der Waals surface area contributed by atoms with Crippen molar-refractivity contribution in [2.45, 2.75) is 32.6 Å². The summed E-state index contributed by atoms with van der Waals surface area (Å²) in [6, 6.07) is 3.87. The van der Waals surface area contributed by atoms with Gasteiger partial charge in [-0.3, -0.25) is 4.79 Å². The van der Waals surface area contributed by atoms with Crippen LogP contribution in [0.3, 0.4) is 0 Å². The molecule has 18 heavy (non-hydrogen) atoms. The van der Waals surface area contributed by atoms with Crippen LogP contribution in [0.15, 0.2) is 12.1 Å². The Bertz CT molecular complexity index is 503. The molecule has 0 aromatic heterocycles. The second kappa shape index (κ2) is 3.90. The van der Waals surface area contributed by atoms with Crippen LogP contribution < -0.4 is 9.47 Å². The minimum Gasteiger partial charge on any atom is -0.481 e. The van der Waals surface area contributed by atoms with E-state index in [-0.39, 0.29) is 6.79 Å². The van der Waals surface area contributed by atoms with Crippen molar-refractivity contribution >= 4 is 5.97 Å². The predicted octanol–water partition coefficient (Wildman–Crippen LogP) is 2.52. The summed E-state index contributed by atoms with van der Waals surface area (Å²) < 4.78 is 10.7. The number of ether oxygens (including phenoxy) is 2. The van der Waals surface area contributed by atoms with Crippen molar-refractivity contribution in [3.63, 3.8) is 0 Å². The molecule has 1 saturated carbocycles. The summed E-state index contributed by atoms with van der Waals surface area (Å²) in [4.78, 5) is 11.4. The van der Waals surface area contributed by atoms with Crippen molar-refractivity contribution in [2.75, 3.05) is 6.79 Å². The smallest absolute Gasteiger partial charge is 0.309 e. The van der Waals surface area contributed by atoms with Crippen molar-refractivity contribution in [3.8, 4) is 11.5 Å². The van der Waals surface area contributed by atoms with Gasteiger partial charge in [-0.05, 0) is 49.4 Å². The van der Waals surface area contributed by atoms with E-state index in [1.54, 1.807) is 0 Å². The average molecular weight is 248 g/mol. The fourth-order valence-corrected chi connectivity index (χ4v) is 2.71.